The maximum absolute atomic E-state index is 13.1. The lowest BCUT2D eigenvalue weighted by Gasteiger charge is -2.16. The summed E-state index contributed by atoms with van der Waals surface area (Å²) in [4.78, 5) is 0. The van der Waals surface area contributed by atoms with Crippen LogP contribution in [0.2, 0.25) is 0 Å². The van der Waals surface area contributed by atoms with Gasteiger partial charge in [-0.2, -0.15) is 0 Å². The molecule has 0 aliphatic heterocycles. The summed E-state index contributed by atoms with van der Waals surface area (Å²) in [5.74, 6) is -0.975. The third kappa shape index (κ3) is 3.22. The van der Waals surface area contributed by atoms with Crippen LogP contribution in [0, 0.1) is 12.7 Å². The summed E-state index contributed by atoms with van der Waals surface area (Å²) in [6, 6.07) is 2.45. The lowest BCUT2D eigenvalue weighted by Crippen LogP contribution is -2.12. The Kier molecular flexibility index (Phi) is 5.48. The Bertz CT molecular complexity index is 393. The largest absolute Gasteiger partial charge is 0.505 e. The SMILES string of the molecule is C=C(C)C[C@@H](N)c1c(C)ccc(F)c1O.Cl. The molecule has 0 aliphatic carbocycles. The molecule has 16 heavy (non-hydrogen) atoms. The predicted molar refractivity (Wildman–Crippen MR) is 66.4 cm³/mol. The maximum Gasteiger partial charge on any atom is 0.165 e. The highest BCUT2D eigenvalue weighted by molar-refractivity contribution is 5.85. The molecule has 0 radical (unpaired) electrons. The lowest BCUT2D eigenvalue weighted by molar-refractivity contribution is 0.419. The number of aromatic hydroxyl groups is 1. The van der Waals surface area contributed by atoms with Crippen molar-refractivity contribution in [3.63, 3.8) is 0 Å². The van der Waals surface area contributed by atoms with Gasteiger partial charge in [0.2, 0.25) is 0 Å². The fourth-order valence-corrected chi connectivity index (χ4v) is 1.63. The summed E-state index contributed by atoms with van der Waals surface area (Å²) < 4.78 is 13.1. The van der Waals surface area contributed by atoms with Crippen molar-refractivity contribution in [2.75, 3.05) is 0 Å². The van der Waals surface area contributed by atoms with Crippen LogP contribution >= 0.6 is 12.4 Å². The first kappa shape index (κ1) is 14.9. The van der Waals surface area contributed by atoms with E-state index >= 15 is 0 Å². The van der Waals surface area contributed by atoms with Gasteiger partial charge in [0.25, 0.3) is 0 Å². The fraction of sp³-hybridized carbons (Fsp3) is 0.333. The van der Waals surface area contributed by atoms with Gasteiger partial charge in [-0.3, -0.25) is 0 Å². The molecule has 0 fully saturated rings. The molecule has 0 aromatic heterocycles. The molecule has 1 aromatic rings. The van der Waals surface area contributed by atoms with Gasteiger partial charge in [-0.05, 0) is 31.9 Å². The minimum Gasteiger partial charge on any atom is -0.505 e. The van der Waals surface area contributed by atoms with Crippen LogP contribution in [0.5, 0.6) is 5.75 Å². The second-order valence-corrected chi connectivity index (χ2v) is 3.89. The fourth-order valence-electron chi connectivity index (χ4n) is 1.63. The Morgan fingerprint density at radius 2 is 2.12 bits per heavy atom. The lowest BCUT2D eigenvalue weighted by atomic mass is 9.96. The van der Waals surface area contributed by atoms with E-state index in [4.69, 9.17) is 5.73 Å². The average molecular weight is 246 g/mol. The van der Waals surface area contributed by atoms with Gasteiger partial charge >= 0.3 is 0 Å². The topological polar surface area (TPSA) is 46.2 Å². The molecule has 0 spiro atoms. The molecule has 0 unspecified atom stereocenters. The minimum absolute atomic E-state index is 0. The normalized spacial score (nSPS) is 11.8. The number of nitrogens with two attached hydrogens (primary N) is 1. The zero-order valence-corrected chi connectivity index (χ0v) is 10.3. The van der Waals surface area contributed by atoms with Gasteiger partial charge in [0.15, 0.2) is 11.6 Å². The third-order valence-electron chi connectivity index (χ3n) is 2.33. The molecule has 90 valence electrons. The van der Waals surface area contributed by atoms with E-state index in [1.54, 1.807) is 13.0 Å². The molecule has 2 nitrogen and oxygen atoms in total. The molecule has 1 atom stereocenters. The van der Waals surface area contributed by atoms with Gasteiger partial charge in [0.05, 0.1) is 0 Å². The average Bonchev–Trinajstić information content (AvgIpc) is 2.11. The third-order valence-corrected chi connectivity index (χ3v) is 2.33. The number of hydrogen-bond donors (Lipinski definition) is 2. The summed E-state index contributed by atoms with van der Waals surface area (Å²) >= 11 is 0. The van der Waals surface area contributed by atoms with Gasteiger partial charge < -0.3 is 10.8 Å². The first-order chi connectivity index (χ1) is 6.93. The molecule has 0 aliphatic rings. The molecule has 0 amide bonds. The number of phenols is 1. The Morgan fingerprint density at radius 1 is 1.56 bits per heavy atom. The van der Waals surface area contributed by atoms with Gasteiger partial charge in [-0.25, -0.2) is 4.39 Å². The zero-order chi connectivity index (χ0) is 11.6. The number of hydrogen-bond acceptors (Lipinski definition) is 2. The Labute approximate surface area is 101 Å². The molecule has 0 saturated carbocycles. The van der Waals surface area contributed by atoms with Gasteiger partial charge in [0, 0.05) is 11.6 Å². The number of phenolic OH excluding ortho intramolecular Hbond substituents is 1. The van der Waals surface area contributed by atoms with E-state index in [2.05, 4.69) is 6.58 Å². The number of rotatable bonds is 3. The van der Waals surface area contributed by atoms with Crippen molar-refractivity contribution in [2.24, 2.45) is 5.73 Å². The smallest absolute Gasteiger partial charge is 0.165 e. The van der Waals surface area contributed by atoms with Crippen molar-refractivity contribution in [2.45, 2.75) is 26.3 Å². The van der Waals surface area contributed by atoms with E-state index in [0.29, 0.717) is 12.0 Å². The van der Waals surface area contributed by atoms with Crippen LogP contribution in [0.4, 0.5) is 4.39 Å². The van der Waals surface area contributed by atoms with E-state index in [0.717, 1.165) is 11.1 Å². The van der Waals surface area contributed by atoms with Crippen LogP contribution in [0.1, 0.15) is 30.5 Å². The Morgan fingerprint density at radius 3 is 2.62 bits per heavy atom. The highest BCUT2D eigenvalue weighted by Gasteiger charge is 2.16. The van der Waals surface area contributed by atoms with E-state index in [1.807, 2.05) is 6.92 Å². The second-order valence-electron chi connectivity index (χ2n) is 3.89. The van der Waals surface area contributed by atoms with Crippen molar-refractivity contribution in [3.05, 3.63) is 41.2 Å². The Balaban J connectivity index is 0.00000225. The molecular formula is C12H17ClFNO. The molecule has 3 N–H and O–H groups in total. The van der Waals surface area contributed by atoms with Gasteiger partial charge in [-0.15, -0.1) is 19.0 Å². The summed E-state index contributed by atoms with van der Waals surface area (Å²) in [5.41, 5.74) is 8.05. The van der Waals surface area contributed by atoms with Crippen LogP contribution in [0.15, 0.2) is 24.3 Å². The quantitative estimate of drug-likeness (QED) is 0.804. The molecule has 0 saturated heterocycles. The zero-order valence-electron chi connectivity index (χ0n) is 9.46. The van der Waals surface area contributed by atoms with Crippen molar-refractivity contribution >= 4 is 12.4 Å². The molecular weight excluding hydrogens is 229 g/mol. The van der Waals surface area contributed by atoms with Crippen LogP contribution < -0.4 is 5.73 Å². The van der Waals surface area contributed by atoms with Crippen LogP contribution in [-0.4, -0.2) is 5.11 Å². The maximum atomic E-state index is 13.1. The van der Waals surface area contributed by atoms with Crippen LogP contribution in [0.3, 0.4) is 0 Å². The van der Waals surface area contributed by atoms with E-state index in [-0.39, 0.29) is 18.2 Å². The van der Waals surface area contributed by atoms with E-state index in [9.17, 15) is 9.50 Å². The molecule has 1 aromatic carbocycles. The monoisotopic (exact) mass is 245 g/mol. The second kappa shape index (κ2) is 5.87. The molecule has 4 heteroatoms. The number of benzene rings is 1. The van der Waals surface area contributed by atoms with Crippen molar-refractivity contribution in [3.8, 4) is 5.75 Å². The molecule has 0 heterocycles. The summed E-state index contributed by atoms with van der Waals surface area (Å²) in [5, 5.41) is 9.58. The standard InChI is InChI=1S/C12H16FNO.ClH/c1-7(2)6-10(14)11-8(3)4-5-9(13)12(11)15;/h4-5,10,15H,1,6,14H2,2-3H3;1H/t10-;/m1./s1. The van der Waals surface area contributed by atoms with Crippen LogP contribution in [0.25, 0.3) is 0 Å². The van der Waals surface area contributed by atoms with Gasteiger partial charge in [0.1, 0.15) is 0 Å². The minimum atomic E-state index is -0.632. The first-order valence-electron chi connectivity index (χ1n) is 4.81. The van der Waals surface area contributed by atoms with Crippen molar-refractivity contribution in [1.29, 1.82) is 0 Å². The summed E-state index contributed by atoms with van der Waals surface area (Å²) in [7, 11) is 0. The number of aryl methyl sites for hydroxylation is 1. The first-order valence-corrected chi connectivity index (χ1v) is 4.81. The predicted octanol–water partition coefficient (Wildman–Crippen LogP) is 3.23. The van der Waals surface area contributed by atoms with E-state index in [1.165, 1.54) is 6.07 Å². The number of halogens is 2. The molecule has 0 bridgehead atoms. The highest BCUT2D eigenvalue weighted by Crippen LogP contribution is 2.31. The van der Waals surface area contributed by atoms with E-state index < -0.39 is 11.9 Å². The highest BCUT2D eigenvalue weighted by atomic mass is 35.5. The Hall–Kier alpha value is -1.06. The van der Waals surface area contributed by atoms with Gasteiger partial charge in [-0.1, -0.05) is 11.6 Å². The van der Waals surface area contributed by atoms with Crippen molar-refractivity contribution < 1.29 is 9.50 Å². The van der Waals surface area contributed by atoms with Crippen LogP contribution in [-0.2, 0) is 0 Å². The molecule has 1 rings (SSSR count). The summed E-state index contributed by atoms with van der Waals surface area (Å²) in [6.45, 7) is 7.40. The summed E-state index contributed by atoms with van der Waals surface area (Å²) in [6.07, 6.45) is 0.540. The van der Waals surface area contributed by atoms with Crippen molar-refractivity contribution in [1.82, 2.24) is 0 Å².